The van der Waals surface area contributed by atoms with Crippen molar-refractivity contribution >= 4 is 0 Å². The van der Waals surface area contributed by atoms with Gasteiger partial charge in [-0.05, 0) is 0 Å². The number of hydrogen-bond acceptors (Lipinski definition) is 0. The Kier molecular flexibility index (Phi) is 65.0. The topological polar surface area (TPSA) is 31.5 Å². The Morgan fingerprint density at radius 2 is 1.60 bits per heavy atom. The van der Waals surface area contributed by atoms with Gasteiger partial charge < -0.3 is 12.4 Å². The van der Waals surface area contributed by atoms with E-state index >= 15 is 0 Å². The summed E-state index contributed by atoms with van der Waals surface area (Å²) in [6, 6.07) is 0. The van der Waals surface area contributed by atoms with Gasteiger partial charge in [0.1, 0.15) is 0 Å². The van der Waals surface area contributed by atoms with Crippen LogP contribution in [0.3, 0.4) is 0 Å². The zero-order chi connectivity index (χ0) is 2.71. The van der Waals surface area contributed by atoms with Crippen LogP contribution in [0.2, 0.25) is 0 Å². The molecule has 0 fully saturated rings. The predicted octanol–water partition coefficient (Wildman–Crippen LogP) is 0.403. The Hall–Kier alpha value is 1.06. The minimum Gasteiger partial charge on any atom is -0.412 e. The molecule has 0 heterocycles. The molecule has 0 saturated carbocycles. The molecular weight excluding hydrogens is 141 g/mol. The molecule has 0 aliphatic heterocycles. The minimum atomic E-state index is 0. The Bertz CT molecular complexity index is 6.85. The van der Waals surface area contributed by atoms with Crippen LogP contribution in [0.1, 0.15) is 13.3 Å². The zero-order valence-corrected chi connectivity index (χ0v) is 6.33. The molecule has 0 aliphatic rings. The second-order valence-electron chi connectivity index (χ2n) is 0.500. The first kappa shape index (κ1) is 16.6. The molecular formula is C3H9OY-. The van der Waals surface area contributed by atoms with E-state index in [0.717, 1.165) is 6.42 Å². The van der Waals surface area contributed by atoms with E-state index in [1.807, 2.05) is 6.92 Å². The normalized spacial score (nSPS) is 3.60. The largest absolute Gasteiger partial charge is 0.412 e. The van der Waals surface area contributed by atoms with Crippen molar-refractivity contribution in [1.29, 1.82) is 0 Å². The van der Waals surface area contributed by atoms with Crippen molar-refractivity contribution < 1.29 is 38.2 Å². The van der Waals surface area contributed by atoms with Crippen LogP contribution in [0.15, 0.2) is 0 Å². The average molecular weight is 150 g/mol. The van der Waals surface area contributed by atoms with Crippen molar-refractivity contribution in [2.75, 3.05) is 0 Å². The van der Waals surface area contributed by atoms with E-state index < -0.39 is 0 Å². The molecule has 0 atom stereocenters. The van der Waals surface area contributed by atoms with Crippen molar-refractivity contribution in [1.82, 2.24) is 0 Å². The van der Waals surface area contributed by atoms with Crippen LogP contribution in [0.5, 0.6) is 0 Å². The summed E-state index contributed by atoms with van der Waals surface area (Å²) in [6.45, 7) is 5.50. The standard InChI is InChI=1S/C3H7.H2O.Y/c1-3-2;;/h1,3H2,2H3;1H2;/q-1;;. The fourth-order valence-electron chi connectivity index (χ4n) is 0. The maximum absolute atomic E-state index is 3.49. The van der Waals surface area contributed by atoms with Crippen LogP contribution < -0.4 is 0 Å². The molecule has 2 heteroatoms. The van der Waals surface area contributed by atoms with Gasteiger partial charge in [0.2, 0.25) is 0 Å². The van der Waals surface area contributed by atoms with E-state index in [4.69, 9.17) is 0 Å². The third kappa shape index (κ3) is 42.0. The maximum atomic E-state index is 3.49. The monoisotopic (exact) mass is 150 g/mol. The molecule has 0 aromatic carbocycles. The molecule has 0 amide bonds. The van der Waals surface area contributed by atoms with Gasteiger partial charge >= 0.3 is 0 Å². The van der Waals surface area contributed by atoms with Gasteiger partial charge in [-0.25, -0.2) is 0 Å². The van der Waals surface area contributed by atoms with Crippen molar-refractivity contribution in [3.05, 3.63) is 6.92 Å². The third-order valence-electron chi connectivity index (χ3n) is 0. The summed E-state index contributed by atoms with van der Waals surface area (Å²) >= 11 is 0. The summed E-state index contributed by atoms with van der Waals surface area (Å²) < 4.78 is 0. The predicted molar refractivity (Wildman–Crippen MR) is 19.3 cm³/mol. The van der Waals surface area contributed by atoms with Crippen LogP contribution >= 0.6 is 0 Å². The van der Waals surface area contributed by atoms with Gasteiger partial charge in [0.05, 0.1) is 0 Å². The van der Waals surface area contributed by atoms with Gasteiger partial charge in [0.15, 0.2) is 0 Å². The van der Waals surface area contributed by atoms with Crippen LogP contribution in [-0.4, -0.2) is 5.48 Å². The van der Waals surface area contributed by atoms with E-state index in [1.54, 1.807) is 0 Å². The summed E-state index contributed by atoms with van der Waals surface area (Å²) in [6.07, 6.45) is 1.00. The molecule has 0 rings (SSSR count). The van der Waals surface area contributed by atoms with Gasteiger partial charge in [-0.15, -0.1) is 0 Å². The Morgan fingerprint density at radius 3 is 1.60 bits per heavy atom. The molecule has 1 nitrogen and oxygen atoms in total. The quantitative estimate of drug-likeness (QED) is 0.447. The van der Waals surface area contributed by atoms with Gasteiger partial charge in [-0.3, -0.25) is 0 Å². The fraction of sp³-hybridized carbons (Fsp3) is 0.667. The minimum absolute atomic E-state index is 0. The first-order chi connectivity index (χ1) is 1.41. The van der Waals surface area contributed by atoms with Gasteiger partial charge in [-0.1, -0.05) is 6.92 Å². The third-order valence-corrected chi connectivity index (χ3v) is 0. The van der Waals surface area contributed by atoms with Crippen molar-refractivity contribution in [2.24, 2.45) is 0 Å². The van der Waals surface area contributed by atoms with Crippen LogP contribution in [0, 0.1) is 6.92 Å². The number of rotatable bonds is 0. The first-order valence-electron chi connectivity index (χ1n) is 1.21. The molecule has 0 aliphatic carbocycles. The van der Waals surface area contributed by atoms with Crippen molar-refractivity contribution in [2.45, 2.75) is 13.3 Å². The molecule has 0 aromatic heterocycles. The molecule has 31 valence electrons. The van der Waals surface area contributed by atoms with E-state index in [-0.39, 0.29) is 38.2 Å². The van der Waals surface area contributed by atoms with Crippen molar-refractivity contribution in [3.8, 4) is 0 Å². The smallest absolute Gasteiger partial charge is 0 e. The summed E-state index contributed by atoms with van der Waals surface area (Å²) in [4.78, 5) is 0. The zero-order valence-electron chi connectivity index (χ0n) is 3.49. The summed E-state index contributed by atoms with van der Waals surface area (Å²) in [5.41, 5.74) is 0. The van der Waals surface area contributed by atoms with Crippen LogP contribution in [0.4, 0.5) is 0 Å². The summed E-state index contributed by atoms with van der Waals surface area (Å²) in [7, 11) is 0. The van der Waals surface area contributed by atoms with E-state index in [9.17, 15) is 0 Å². The Balaban J connectivity index is -0.0000000200. The average Bonchev–Trinajstić information content (AvgIpc) is 0.918. The van der Waals surface area contributed by atoms with Crippen molar-refractivity contribution in [3.63, 3.8) is 0 Å². The molecule has 2 N–H and O–H groups in total. The summed E-state index contributed by atoms with van der Waals surface area (Å²) in [5.74, 6) is 0. The molecule has 1 radical (unpaired) electrons. The van der Waals surface area contributed by atoms with Crippen LogP contribution in [0.25, 0.3) is 0 Å². The van der Waals surface area contributed by atoms with E-state index in [0.29, 0.717) is 0 Å². The van der Waals surface area contributed by atoms with Gasteiger partial charge in [0.25, 0.3) is 0 Å². The Labute approximate surface area is 58.3 Å². The summed E-state index contributed by atoms with van der Waals surface area (Å²) in [5, 5.41) is 0. The molecule has 5 heavy (non-hydrogen) atoms. The SMILES string of the molecule is O.[CH2-]CC.[Y]. The van der Waals surface area contributed by atoms with Gasteiger partial charge in [0, 0.05) is 32.7 Å². The molecule has 0 unspecified atom stereocenters. The Morgan fingerprint density at radius 1 is 1.60 bits per heavy atom. The van der Waals surface area contributed by atoms with E-state index in [2.05, 4.69) is 6.92 Å². The van der Waals surface area contributed by atoms with Crippen LogP contribution in [-0.2, 0) is 32.7 Å². The second kappa shape index (κ2) is 19.6. The molecule has 0 saturated heterocycles. The first-order valence-corrected chi connectivity index (χ1v) is 1.21. The molecule has 0 spiro atoms. The van der Waals surface area contributed by atoms with E-state index in [1.165, 1.54) is 0 Å². The second-order valence-corrected chi connectivity index (χ2v) is 0.500. The number of hydrogen-bond donors (Lipinski definition) is 0. The molecule has 0 bridgehead atoms. The van der Waals surface area contributed by atoms with Gasteiger partial charge in [-0.2, -0.15) is 6.42 Å². The maximum Gasteiger partial charge on any atom is 0 e. The molecule has 0 aromatic rings. The fourth-order valence-corrected chi connectivity index (χ4v) is 0.